The summed E-state index contributed by atoms with van der Waals surface area (Å²) in [5.41, 5.74) is 9.26. The van der Waals surface area contributed by atoms with Gasteiger partial charge in [-0.15, -0.1) is 0 Å². The normalized spacial score (nSPS) is 15.9. The fraction of sp³-hybridized carbons (Fsp3) is 0.412. The van der Waals surface area contributed by atoms with Crippen LogP contribution in [0.5, 0.6) is 0 Å². The van der Waals surface area contributed by atoms with Crippen molar-refractivity contribution >= 4 is 11.3 Å². The summed E-state index contributed by atoms with van der Waals surface area (Å²) in [4.78, 5) is 0. The molecule has 0 saturated carbocycles. The Kier molecular flexibility index (Phi) is 5.17. The lowest BCUT2D eigenvalue weighted by Gasteiger charge is -2.29. The van der Waals surface area contributed by atoms with E-state index in [0.29, 0.717) is 11.8 Å². The first-order valence-corrected chi connectivity index (χ1v) is 7.98. The second-order valence-corrected chi connectivity index (χ2v) is 6.10. The molecule has 1 aromatic carbocycles. The van der Waals surface area contributed by atoms with Gasteiger partial charge in [-0.05, 0) is 40.3 Å². The molecule has 1 nitrogen and oxygen atoms in total. The van der Waals surface area contributed by atoms with E-state index in [9.17, 15) is 0 Å². The van der Waals surface area contributed by atoms with Gasteiger partial charge in [-0.1, -0.05) is 50.6 Å². The predicted octanol–water partition coefficient (Wildman–Crippen LogP) is 4.45. The third-order valence-corrected chi connectivity index (χ3v) is 4.69. The smallest absolute Gasteiger partial charge is 0.0151 e. The van der Waals surface area contributed by atoms with Crippen molar-refractivity contribution in [3.8, 4) is 0 Å². The molecule has 0 radical (unpaired) electrons. The molecule has 0 fully saturated rings. The Morgan fingerprint density at radius 1 is 1.16 bits per heavy atom. The zero-order valence-electron chi connectivity index (χ0n) is 11.8. The summed E-state index contributed by atoms with van der Waals surface area (Å²) in [6.07, 6.45) is 2.13. The van der Waals surface area contributed by atoms with Crippen LogP contribution in [0.15, 0.2) is 47.2 Å². The molecule has 0 amide bonds. The molecule has 0 aliphatic heterocycles. The molecular formula is C17H23NS. The van der Waals surface area contributed by atoms with E-state index in [2.05, 4.69) is 61.0 Å². The van der Waals surface area contributed by atoms with Gasteiger partial charge in [0.05, 0.1) is 0 Å². The Morgan fingerprint density at radius 3 is 2.47 bits per heavy atom. The van der Waals surface area contributed by atoms with E-state index in [4.69, 9.17) is 5.73 Å². The lowest BCUT2D eigenvalue weighted by Crippen LogP contribution is -2.34. The summed E-state index contributed by atoms with van der Waals surface area (Å²) in [5.74, 6) is 1.04. The molecule has 3 unspecified atom stereocenters. The first-order valence-electron chi connectivity index (χ1n) is 7.04. The molecule has 0 bridgehead atoms. The van der Waals surface area contributed by atoms with E-state index in [1.807, 2.05) is 0 Å². The fourth-order valence-electron chi connectivity index (χ4n) is 2.73. The standard InChI is InChI=1S/C17H23NS/c1-3-13(2)17(15-7-5-4-6-8-15)16(18)11-14-9-10-19-12-14/h4-10,12-13,16-17H,3,11,18H2,1-2H3. The highest BCUT2D eigenvalue weighted by Gasteiger charge is 2.24. The maximum Gasteiger partial charge on any atom is 0.0151 e. The Morgan fingerprint density at radius 2 is 1.89 bits per heavy atom. The van der Waals surface area contributed by atoms with Gasteiger partial charge in [0.1, 0.15) is 0 Å². The van der Waals surface area contributed by atoms with Gasteiger partial charge in [0.2, 0.25) is 0 Å². The number of hydrogen-bond donors (Lipinski definition) is 1. The third kappa shape index (κ3) is 3.68. The highest BCUT2D eigenvalue weighted by molar-refractivity contribution is 7.07. The number of nitrogens with two attached hydrogens (primary N) is 1. The van der Waals surface area contributed by atoms with Gasteiger partial charge in [-0.25, -0.2) is 0 Å². The highest BCUT2D eigenvalue weighted by Crippen LogP contribution is 2.31. The topological polar surface area (TPSA) is 26.0 Å². The molecule has 0 aliphatic carbocycles. The first-order chi connectivity index (χ1) is 9.22. The van der Waals surface area contributed by atoms with E-state index in [0.717, 1.165) is 12.8 Å². The minimum Gasteiger partial charge on any atom is -0.327 e. The van der Waals surface area contributed by atoms with Crippen molar-refractivity contribution in [3.63, 3.8) is 0 Å². The van der Waals surface area contributed by atoms with Crippen LogP contribution in [0.1, 0.15) is 37.3 Å². The molecule has 3 atom stereocenters. The lowest BCUT2D eigenvalue weighted by molar-refractivity contribution is 0.380. The number of rotatable bonds is 6. The van der Waals surface area contributed by atoms with Crippen LogP contribution in [0.2, 0.25) is 0 Å². The first kappa shape index (κ1) is 14.3. The van der Waals surface area contributed by atoms with E-state index in [1.54, 1.807) is 11.3 Å². The molecule has 1 aromatic heterocycles. The molecule has 0 saturated heterocycles. The Hall–Kier alpha value is -1.12. The van der Waals surface area contributed by atoms with E-state index in [-0.39, 0.29) is 6.04 Å². The highest BCUT2D eigenvalue weighted by atomic mass is 32.1. The van der Waals surface area contributed by atoms with Gasteiger partial charge >= 0.3 is 0 Å². The van der Waals surface area contributed by atoms with Crippen molar-refractivity contribution in [3.05, 3.63) is 58.3 Å². The molecule has 2 aromatic rings. The minimum absolute atomic E-state index is 0.187. The molecular weight excluding hydrogens is 250 g/mol. The van der Waals surface area contributed by atoms with Crippen molar-refractivity contribution < 1.29 is 0 Å². The summed E-state index contributed by atoms with van der Waals surface area (Å²) in [5, 5.41) is 4.33. The summed E-state index contributed by atoms with van der Waals surface area (Å²) < 4.78 is 0. The van der Waals surface area contributed by atoms with Crippen LogP contribution in [-0.4, -0.2) is 6.04 Å². The zero-order chi connectivity index (χ0) is 13.7. The van der Waals surface area contributed by atoms with Gasteiger partial charge in [0.15, 0.2) is 0 Å². The average molecular weight is 273 g/mol. The average Bonchev–Trinajstić information content (AvgIpc) is 2.93. The molecule has 1 heterocycles. The molecule has 19 heavy (non-hydrogen) atoms. The SMILES string of the molecule is CCC(C)C(c1ccccc1)C(N)Cc1ccsc1. The summed E-state index contributed by atoms with van der Waals surface area (Å²) >= 11 is 1.75. The van der Waals surface area contributed by atoms with Crippen LogP contribution in [0.4, 0.5) is 0 Å². The Balaban J connectivity index is 2.18. The molecule has 2 heteroatoms. The van der Waals surface area contributed by atoms with Gasteiger partial charge in [-0.3, -0.25) is 0 Å². The monoisotopic (exact) mass is 273 g/mol. The van der Waals surface area contributed by atoms with Crippen molar-refractivity contribution in [2.75, 3.05) is 0 Å². The van der Waals surface area contributed by atoms with Crippen molar-refractivity contribution in [1.82, 2.24) is 0 Å². The van der Waals surface area contributed by atoms with Gasteiger partial charge in [0.25, 0.3) is 0 Å². The number of benzene rings is 1. The summed E-state index contributed by atoms with van der Waals surface area (Å²) in [6, 6.07) is 13.1. The van der Waals surface area contributed by atoms with Crippen LogP contribution < -0.4 is 5.73 Å². The van der Waals surface area contributed by atoms with Crippen LogP contribution >= 0.6 is 11.3 Å². The molecule has 0 aliphatic rings. The van der Waals surface area contributed by atoms with Gasteiger partial charge in [0, 0.05) is 12.0 Å². The van der Waals surface area contributed by atoms with E-state index >= 15 is 0 Å². The van der Waals surface area contributed by atoms with Gasteiger partial charge < -0.3 is 5.73 Å². The minimum atomic E-state index is 0.187. The maximum absolute atomic E-state index is 6.52. The molecule has 2 rings (SSSR count). The number of hydrogen-bond acceptors (Lipinski definition) is 2. The third-order valence-electron chi connectivity index (χ3n) is 3.95. The second kappa shape index (κ2) is 6.88. The predicted molar refractivity (Wildman–Crippen MR) is 84.6 cm³/mol. The largest absolute Gasteiger partial charge is 0.327 e. The van der Waals surface area contributed by atoms with Gasteiger partial charge in [-0.2, -0.15) is 11.3 Å². The van der Waals surface area contributed by atoms with Crippen molar-refractivity contribution in [1.29, 1.82) is 0 Å². The van der Waals surface area contributed by atoms with Crippen LogP contribution in [0.3, 0.4) is 0 Å². The van der Waals surface area contributed by atoms with Crippen LogP contribution in [0.25, 0.3) is 0 Å². The van der Waals surface area contributed by atoms with Crippen molar-refractivity contribution in [2.45, 2.75) is 38.6 Å². The van der Waals surface area contributed by atoms with E-state index < -0.39 is 0 Å². The molecule has 102 valence electrons. The lowest BCUT2D eigenvalue weighted by atomic mass is 9.79. The van der Waals surface area contributed by atoms with Crippen LogP contribution in [-0.2, 0) is 6.42 Å². The summed E-state index contributed by atoms with van der Waals surface area (Å²) in [6.45, 7) is 4.56. The zero-order valence-corrected chi connectivity index (χ0v) is 12.6. The maximum atomic E-state index is 6.52. The van der Waals surface area contributed by atoms with E-state index in [1.165, 1.54) is 11.1 Å². The number of thiophene rings is 1. The van der Waals surface area contributed by atoms with Crippen LogP contribution in [0, 0.1) is 5.92 Å². The quantitative estimate of drug-likeness (QED) is 0.827. The Labute approximate surface area is 120 Å². The van der Waals surface area contributed by atoms with Crippen molar-refractivity contribution in [2.24, 2.45) is 11.7 Å². The summed E-state index contributed by atoms with van der Waals surface area (Å²) in [7, 11) is 0. The molecule has 2 N–H and O–H groups in total. The Bertz CT molecular complexity index is 463. The molecule has 0 spiro atoms. The second-order valence-electron chi connectivity index (χ2n) is 5.32. The fourth-order valence-corrected chi connectivity index (χ4v) is 3.42.